The van der Waals surface area contributed by atoms with Crippen LogP contribution in [0, 0.1) is 0 Å². The van der Waals surface area contributed by atoms with Crippen LogP contribution in [0.5, 0.6) is 5.75 Å². The number of fused-ring (bicyclic) bond motifs is 1. The number of hydrogen-bond acceptors (Lipinski definition) is 6. The maximum absolute atomic E-state index is 13.1. The second kappa shape index (κ2) is 14.0. The number of rotatable bonds is 13. The number of carbonyl (C=O) groups excluding carboxylic acids is 1. The fourth-order valence-corrected chi connectivity index (χ4v) is 4.34. The number of allylic oxidation sites excluding steroid dienone is 2. The minimum Gasteiger partial charge on any atom is -0.491 e. The molecule has 0 aliphatic rings. The second-order valence-corrected chi connectivity index (χ2v) is 9.25. The number of hydrogen-bond donors (Lipinski definition) is 1. The van der Waals surface area contributed by atoms with Crippen LogP contribution in [0.3, 0.4) is 0 Å². The highest BCUT2D eigenvalue weighted by molar-refractivity contribution is 5.89. The SMILES string of the molecule is C=C(CCCC)/C(=C/C[C@@H](OC(=O)c1ccncc1)c1cccc(OCCO)c1)c1cnc2ccccc2c1. The first-order chi connectivity index (χ1) is 19.1. The molecule has 4 rings (SSSR count). The van der Waals surface area contributed by atoms with Gasteiger partial charge in [-0.1, -0.05) is 56.3 Å². The highest BCUT2D eigenvalue weighted by atomic mass is 16.5. The molecule has 2 heterocycles. The Morgan fingerprint density at radius 3 is 2.67 bits per heavy atom. The summed E-state index contributed by atoms with van der Waals surface area (Å²) in [6.07, 6.45) is 9.91. The number of aromatic nitrogens is 2. The van der Waals surface area contributed by atoms with Gasteiger partial charge in [0.1, 0.15) is 18.5 Å². The molecule has 0 radical (unpaired) electrons. The van der Waals surface area contributed by atoms with Crippen molar-refractivity contribution >= 4 is 22.4 Å². The van der Waals surface area contributed by atoms with Gasteiger partial charge in [-0.3, -0.25) is 9.97 Å². The highest BCUT2D eigenvalue weighted by Gasteiger charge is 2.19. The predicted octanol–water partition coefficient (Wildman–Crippen LogP) is 7.12. The molecule has 2 aromatic carbocycles. The molecule has 0 amide bonds. The molecule has 1 N–H and O–H groups in total. The topological polar surface area (TPSA) is 81.5 Å². The van der Waals surface area contributed by atoms with E-state index in [9.17, 15) is 4.79 Å². The van der Waals surface area contributed by atoms with Crippen LogP contribution in [0.4, 0.5) is 0 Å². The zero-order valence-electron chi connectivity index (χ0n) is 22.3. The summed E-state index contributed by atoms with van der Waals surface area (Å²) in [5, 5.41) is 10.2. The van der Waals surface area contributed by atoms with Gasteiger partial charge >= 0.3 is 5.97 Å². The van der Waals surface area contributed by atoms with Gasteiger partial charge in [0, 0.05) is 36.0 Å². The Morgan fingerprint density at radius 2 is 1.87 bits per heavy atom. The Hall–Kier alpha value is -4.29. The van der Waals surface area contributed by atoms with Crippen LogP contribution in [0.1, 0.15) is 60.2 Å². The van der Waals surface area contributed by atoms with Crippen molar-refractivity contribution < 1.29 is 19.4 Å². The van der Waals surface area contributed by atoms with Crippen LogP contribution in [0.15, 0.2) is 104 Å². The standard InChI is InChI=1S/C33H34N2O4/c1-3-4-8-24(2)30(28-21-26-9-5-6-12-31(26)35-23-28)13-14-32(39-33(37)25-15-17-34-18-16-25)27-10-7-11-29(22-27)38-20-19-36/h5-7,9-13,15-18,21-23,32,36H,2-4,8,14,19-20H2,1H3/b30-13-/t32-/m1/s1. The summed E-state index contributed by atoms with van der Waals surface area (Å²) in [6.45, 7) is 6.66. The van der Waals surface area contributed by atoms with Crippen molar-refractivity contribution in [3.8, 4) is 5.75 Å². The van der Waals surface area contributed by atoms with Gasteiger partial charge in [0.2, 0.25) is 0 Å². The summed E-state index contributed by atoms with van der Waals surface area (Å²) < 4.78 is 11.7. The van der Waals surface area contributed by atoms with E-state index in [1.807, 2.05) is 48.7 Å². The Kier molecular flexibility index (Phi) is 9.98. The van der Waals surface area contributed by atoms with E-state index in [0.717, 1.165) is 52.4 Å². The minimum atomic E-state index is -0.578. The summed E-state index contributed by atoms with van der Waals surface area (Å²) in [5.41, 5.74) is 5.16. The predicted molar refractivity (Wildman–Crippen MR) is 154 cm³/mol. The number of carbonyl (C=O) groups is 1. The monoisotopic (exact) mass is 522 g/mol. The molecule has 0 saturated heterocycles. The molecule has 1 atom stereocenters. The van der Waals surface area contributed by atoms with Crippen molar-refractivity contribution in [1.82, 2.24) is 9.97 Å². The van der Waals surface area contributed by atoms with Crippen molar-refractivity contribution in [3.63, 3.8) is 0 Å². The molecule has 2 aromatic heterocycles. The number of para-hydroxylation sites is 1. The number of pyridine rings is 2. The molecule has 0 aliphatic carbocycles. The van der Waals surface area contributed by atoms with E-state index < -0.39 is 12.1 Å². The van der Waals surface area contributed by atoms with Crippen molar-refractivity contribution in [1.29, 1.82) is 0 Å². The molecular weight excluding hydrogens is 488 g/mol. The lowest BCUT2D eigenvalue weighted by Crippen LogP contribution is -2.12. The third-order valence-corrected chi connectivity index (χ3v) is 6.41. The van der Waals surface area contributed by atoms with Crippen LogP contribution < -0.4 is 4.74 Å². The summed E-state index contributed by atoms with van der Waals surface area (Å²) in [4.78, 5) is 21.7. The molecule has 200 valence electrons. The van der Waals surface area contributed by atoms with E-state index in [2.05, 4.69) is 41.7 Å². The average Bonchev–Trinajstić information content (AvgIpc) is 2.98. The van der Waals surface area contributed by atoms with Gasteiger partial charge in [-0.25, -0.2) is 4.79 Å². The number of ether oxygens (including phenoxy) is 2. The third kappa shape index (κ3) is 7.62. The highest BCUT2D eigenvalue weighted by Crippen LogP contribution is 2.32. The zero-order chi connectivity index (χ0) is 27.5. The number of benzene rings is 2. The number of esters is 1. The molecule has 0 bridgehead atoms. The summed E-state index contributed by atoms with van der Waals surface area (Å²) in [7, 11) is 0. The van der Waals surface area contributed by atoms with Crippen LogP contribution in [-0.4, -0.2) is 34.3 Å². The Labute approximate surface area is 229 Å². The number of unbranched alkanes of at least 4 members (excludes halogenated alkanes) is 1. The van der Waals surface area contributed by atoms with Crippen molar-refractivity contribution in [2.45, 2.75) is 38.7 Å². The Morgan fingerprint density at radius 1 is 1.05 bits per heavy atom. The lowest BCUT2D eigenvalue weighted by molar-refractivity contribution is 0.0302. The number of aliphatic hydroxyl groups excluding tert-OH is 1. The molecule has 0 spiro atoms. The van der Waals surface area contributed by atoms with Gasteiger partial charge < -0.3 is 14.6 Å². The smallest absolute Gasteiger partial charge is 0.338 e. The molecule has 0 saturated carbocycles. The lowest BCUT2D eigenvalue weighted by Gasteiger charge is -2.19. The fourth-order valence-electron chi connectivity index (χ4n) is 4.34. The van der Waals surface area contributed by atoms with E-state index in [1.54, 1.807) is 24.5 Å². The average molecular weight is 523 g/mol. The van der Waals surface area contributed by atoms with Gasteiger partial charge in [-0.15, -0.1) is 0 Å². The van der Waals surface area contributed by atoms with Gasteiger partial charge in [0.25, 0.3) is 0 Å². The second-order valence-electron chi connectivity index (χ2n) is 9.25. The van der Waals surface area contributed by atoms with Gasteiger partial charge in [-0.2, -0.15) is 0 Å². The minimum absolute atomic E-state index is 0.0869. The van der Waals surface area contributed by atoms with E-state index in [0.29, 0.717) is 17.7 Å². The first-order valence-corrected chi connectivity index (χ1v) is 13.3. The van der Waals surface area contributed by atoms with E-state index in [1.165, 1.54) is 0 Å². The largest absolute Gasteiger partial charge is 0.491 e. The van der Waals surface area contributed by atoms with Crippen LogP contribution in [0.2, 0.25) is 0 Å². The molecule has 4 aromatic rings. The summed E-state index contributed by atoms with van der Waals surface area (Å²) in [5.74, 6) is 0.165. The normalized spacial score (nSPS) is 12.2. The van der Waals surface area contributed by atoms with Gasteiger partial charge in [0.05, 0.1) is 17.7 Å². The Bertz CT molecular complexity index is 1430. The first-order valence-electron chi connectivity index (χ1n) is 13.3. The molecule has 0 unspecified atom stereocenters. The molecule has 0 fully saturated rings. The quantitative estimate of drug-likeness (QED) is 0.149. The molecule has 0 aliphatic heterocycles. The maximum Gasteiger partial charge on any atom is 0.338 e. The van der Waals surface area contributed by atoms with Crippen molar-refractivity contribution in [3.05, 3.63) is 120 Å². The van der Waals surface area contributed by atoms with Gasteiger partial charge in [-0.05, 0) is 65.9 Å². The molecule has 6 nitrogen and oxygen atoms in total. The molecule has 6 heteroatoms. The third-order valence-electron chi connectivity index (χ3n) is 6.41. The first kappa shape index (κ1) is 27.7. The van der Waals surface area contributed by atoms with E-state index in [-0.39, 0.29) is 13.2 Å². The zero-order valence-corrected chi connectivity index (χ0v) is 22.3. The van der Waals surface area contributed by atoms with E-state index in [4.69, 9.17) is 14.6 Å². The lowest BCUT2D eigenvalue weighted by atomic mass is 9.93. The fraction of sp³-hybridized carbons (Fsp3) is 0.242. The van der Waals surface area contributed by atoms with Gasteiger partial charge in [0.15, 0.2) is 0 Å². The Balaban J connectivity index is 1.69. The van der Waals surface area contributed by atoms with E-state index >= 15 is 0 Å². The molecular formula is C33H34N2O4. The number of aliphatic hydroxyl groups is 1. The van der Waals surface area contributed by atoms with Crippen LogP contribution in [-0.2, 0) is 4.74 Å². The maximum atomic E-state index is 13.1. The summed E-state index contributed by atoms with van der Waals surface area (Å²) in [6, 6.07) is 20.9. The van der Waals surface area contributed by atoms with Crippen molar-refractivity contribution in [2.75, 3.05) is 13.2 Å². The van der Waals surface area contributed by atoms with Crippen LogP contribution >= 0.6 is 0 Å². The number of nitrogens with zero attached hydrogens (tertiary/aromatic N) is 2. The van der Waals surface area contributed by atoms with Crippen LogP contribution in [0.25, 0.3) is 16.5 Å². The molecule has 39 heavy (non-hydrogen) atoms. The summed E-state index contributed by atoms with van der Waals surface area (Å²) >= 11 is 0. The van der Waals surface area contributed by atoms with Crippen molar-refractivity contribution in [2.24, 2.45) is 0 Å².